The zero-order valence-corrected chi connectivity index (χ0v) is 13.4. The number of anilines is 2. The first-order valence-electron chi connectivity index (χ1n) is 6.84. The van der Waals surface area contributed by atoms with Crippen LogP contribution in [0.5, 0.6) is 0 Å². The lowest BCUT2D eigenvalue weighted by atomic mass is 10.0. The lowest BCUT2D eigenvalue weighted by Crippen LogP contribution is -2.37. The fourth-order valence-electron chi connectivity index (χ4n) is 2.07. The number of nitrogens with one attached hydrogen (secondary N) is 1. The third kappa shape index (κ3) is 5.39. The smallest absolute Gasteiger partial charge is 0.238 e. The number of nitrogens with two attached hydrogens (primary N) is 1. The van der Waals surface area contributed by atoms with Crippen molar-refractivity contribution in [3.05, 3.63) is 23.2 Å². The lowest BCUT2D eigenvalue weighted by molar-refractivity contribution is -0.117. The van der Waals surface area contributed by atoms with Gasteiger partial charge in [0.1, 0.15) is 0 Å². The summed E-state index contributed by atoms with van der Waals surface area (Å²) in [4.78, 5) is 14.1. The lowest BCUT2D eigenvalue weighted by Gasteiger charge is -2.25. The number of rotatable bonds is 6. The van der Waals surface area contributed by atoms with E-state index in [0.717, 1.165) is 6.42 Å². The molecule has 1 rings (SSSR count). The van der Waals surface area contributed by atoms with E-state index in [9.17, 15) is 4.79 Å². The molecule has 0 aliphatic rings. The van der Waals surface area contributed by atoms with Gasteiger partial charge < -0.3 is 11.1 Å². The van der Waals surface area contributed by atoms with Gasteiger partial charge in [-0.05, 0) is 44.5 Å². The van der Waals surface area contributed by atoms with Crippen molar-refractivity contribution in [3.63, 3.8) is 0 Å². The molecule has 1 unspecified atom stereocenters. The van der Waals surface area contributed by atoms with Gasteiger partial charge in [0.25, 0.3) is 0 Å². The molecule has 0 bridgehead atoms. The standard InChI is InChI=1S/C15H24ClN3O/c1-10(2)7-11(3)19(4)9-15(20)18-14-8-12(16)5-6-13(14)17/h5-6,8,10-11H,7,9,17H2,1-4H3,(H,18,20). The van der Waals surface area contributed by atoms with Crippen LogP contribution in [0.4, 0.5) is 11.4 Å². The first-order chi connectivity index (χ1) is 9.29. The minimum atomic E-state index is -0.0860. The Morgan fingerprint density at radius 2 is 2.05 bits per heavy atom. The van der Waals surface area contributed by atoms with Crippen molar-refractivity contribution < 1.29 is 4.79 Å². The summed E-state index contributed by atoms with van der Waals surface area (Å²) in [7, 11) is 1.95. The van der Waals surface area contributed by atoms with Crippen LogP contribution in [0.15, 0.2) is 18.2 Å². The van der Waals surface area contributed by atoms with Crippen LogP contribution in [0, 0.1) is 5.92 Å². The van der Waals surface area contributed by atoms with Gasteiger partial charge >= 0.3 is 0 Å². The topological polar surface area (TPSA) is 58.4 Å². The monoisotopic (exact) mass is 297 g/mol. The molecule has 0 heterocycles. The number of carbonyl (C=O) groups is 1. The van der Waals surface area contributed by atoms with E-state index in [-0.39, 0.29) is 5.91 Å². The Hall–Kier alpha value is -1.26. The van der Waals surface area contributed by atoms with Crippen LogP contribution in [0.3, 0.4) is 0 Å². The summed E-state index contributed by atoms with van der Waals surface area (Å²) in [6.07, 6.45) is 1.06. The minimum Gasteiger partial charge on any atom is -0.397 e. The van der Waals surface area contributed by atoms with Gasteiger partial charge in [-0.15, -0.1) is 0 Å². The van der Waals surface area contributed by atoms with Crippen molar-refractivity contribution in [2.45, 2.75) is 33.2 Å². The first kappa shape index (κ1) is 16.8. The molecule has 0 aromatic heterocycles. The number of benzene rings is 1. The zero-order valence-electron chi connectivity index (χ0n) is 12.6. The van der Waals surface area contributed by atoms with Crippen LogP contribution < -0.4 is 11.1 Å². The number of amides is 1. The summed E-state index contributed by atoms with van der Waals surface area (Å²) in [6, 6.07) is 5.40. The summed E-state index contributed by atoms with van der Waals surface area (Å²) >= 11 is 5.90. The van der Waals surface area contributed by atoms with E-state index >= 15 is 0 Å². The van der Waals surface area contributed by atoms with Gasteiger partial charge in [-0.2, -0.15) is 0 Å². The molecular weight excluding hydrogens is 274 g/mol. The molecular formula is C15H24ClN3O. The van der Waals surface area contributed by atoms with Gasteiger partial charge in [0.2, 0.25) is 5.91 Å². The van der Waals surface area contributed by atoms with Crippen LogP contribution in [0.2, 0.25) is 5.02 Å². The highest BCUT2D eigenvalue weighted by atomic mass is 35.5. The van der Waals surface area contributed by atoms with E-state index in [4.69, 9.17) is 17.3 Å². The number of nitrogens with zero attached hydrogens (tertiary/aromatic N) is 1. The van der Waals surface area contributed by atoms with Gasteiger partial charge in [0.15, 0.2) is 0 Å². The number of carbonyl (C=O) groups excluding carboxylic acids is 1. The van der Waals surface area contributed by atoms with Gasteiger partial charge in [-0.1, -0.05) is 25.4 Å². The van der Waals surface area contributed by atoms with Gasteiger partial charge in [0, 0.05) is 11.1 Å². The molecule has 1 aromatic rings. The second-order valence-corrected chi connectivity index (χ2v) is 6.11. The molecule has 0 radical (unpaired) electrons. The Kier molecular flexibility index (Phi) is 6.30. The van der Waals surface area contributed by atoms with Crippen LogP contribution in [-0.2, 0) is 4.79 Å². The van der Waals surface area contributed by atoms with E-state index < -0.39 is 0 Å². The maximum atomic E-state index is 12.0. The number of nitrogen functional groups attached to an aromatic ring is 1. The molecule has 0 aliphatic heterocycles. The fourth-order valence-corrected chi connectivity index (χ4v) is 2.24. The fraction of sp³-hybridized carbons (Fsp3) is 0.533. The van der Waals surface area contributed by atoms with Crippen LogP contribution >= 0.6 is 11.6 Å². The highest BCUT2D eigenvalue weighted by Gasteiger charge is 2.15. The Balaban J connectivity index is 2.57. The molecule has 5 heteroatoms. The number of halogens is 1. The summed E-state index contributed by atoms with van der Waals surface area (Å²) in [5, 5.41) is 3.35. The SMILES string of the molecule is CC(C)CC(C)N(C)CC(=O)Nc1cc(Cl)ccc1N. The molecule has 1 amide bonds. The quantitative estimate of drug-likeness (QED) is 0.793. The summed E-state index contributed by atoms with van der Waals surface area (Å²) < 4.78 is 0. The average Bonchev–Trinajstić information content (AvgIpc) is 2.32. The van der Waals surface area contributed by atoms with Crippen LogP contribution in [0.1, 0.15) is 27.2 Å². The molecule has 0 fully saturated rings. The highest BCUT2D eigenvalue weighted by Crippen LogP contribution is 2.22. The molecule has 112 valence electrons. The maximum Gasteiger partial charge on any atom is 0.238 e. The van der Waals surface area contributed by atoms with Crippen molar-refractivity contribution in [1.82, 2.24) is 4.90 Å². The van der Waals surface area contributed by atoms with Gasteiger partial charge in [-0.3, -0.25) is 9.69 Å². The Bertz CT molecular complexity index is 462. The molecule has 0 spiro atoms. The van der Waals surface area contributed by atoms with E-state index in [0.29, 0.717) is 34.9 Å². The third-order valence-electron chi connectivity index (χ3n) is 3.25. The first-order valence-corrected chi connectivity index (χ1v) is 7.22. The predicted molar refractivity (Wildman–Crippen MR) is 86.0 cm³/mol. The Morgan fingerprint density at radius 1 is 1.40 bits per heavy atom. The molecule has 0 saturated carbocycles. The van der Waals surface area contributed by atoms with Crippen molar-refractivity contribution in [2.24, 2.45) is 5.92 Å². The average molecular weight is 298 g/mol. The highest BCUT2D eigenvalue weighted by molar-refractivity contribution is 6.31. The van der Waals surface area contributed by atoms with Crippen molar-refractivity contribution in [1.29, 1.82) is 0 Å². The molecule has 1 aromatic carbocycles. The van der Waals surface area contributed by atoms with E-state index in [1.165, 1.54) is 0 Å². The Labute approximate surface area is 126 Å². The van der Waals surface area contributed by atoms with Gasteiger partial charge in [-0.25, -0.2) is 0 Å². The number of likely N-dealkylation sites (N-methyl/N-ethyl adjacent to an activating group) is 1. The maximum absolute atomic E-state index is 12.0. The number of hydrogen-bond acceptors (Lipinski definition) is 3. The Morgan fingerprint density at radius 3 is 2.65 bits per heavy atom. The van der Waals surface area contributed by atoms with E-state index in [1.54, 1.807) is 18.2 Å². The molecule has 0 saturated heterocycles. The summed E-state index contributed by atoms with van der Waals surface area (Å²) in [6.45, 7) is 6.81. The molecule has 20 heavy (non-hydrogen) atoms. The second kappa shape index (κ2) is 7.50. The van der Waals surface area contributed by atoms with Crippen LogP contribution in [-0.4, -0.2) is 30.4 Å². The molecule has 4 nitrogen and oxygen atoms in total. The van der Waals surface area contributed by atoms with Crippen molar-refractivity contribution >= 4 is 28.9 Å². The summed E-state index contributed by atoms with van der Waals surface area (Å²) in [5.74, 6) is 0.524. The molecule has 0 aliphatic carbocycles. The van der Waals surface area contributed by atoms with Crippen LogP contribution in [0.25, 0.3) is 0 Å². The predicted octanol–water partition coefficient (Wildman–Crippen LogP) is 3.23. The largest absolute Gasteiger partial charge is 0.397 e. The summed E-state index contributed by atoms with van der Waals surface area (Å²) in [5.41, 5.74) is 6.88. The van der Waals surface area contributed by atoms with E-state index in [1.807, 2.05) is 11.9 Å². The zero-order chi connectivity index (χ0) is 15.3. The number of hydrogen-bond donors (Lipinski definition) is 2. The van der Waals surface area contributed by atoms with Gasteiger partial charge in [0.05, 0.1) is 17.9 Å². The molecule has 1 atom stereocenters. The van der Waals surface area contributed by atoms with Crippen molar-refractivity contribution in [2.75, 3.05) is 24.6 Å². The third-order valence-corrected chi connectivity index (χ3v) is 3.48. The normalized spacial score (nSPS) is 12.8. The second-order valence-electron chi connectivity index (χ2n) is 5.67. The van der Waals surface area contributed by atoms with Crippen molar-refractivity contribution in [3.8, 4) is 0 Å². The minimum absolute atomic E-state index is 0.0860. The van der Waals surface area contributed by atoms with E-state index in [2.05, 4.69) is 26.1 Å². The molecule has 3 N–H and O–H groups in total.